The van der Waals surface area contributed by atoms with E-state index in [9.17, 15) is 18.4 Å². The number of likely N-dealkylation sites (tertiary alicyclic amines) is 1. The van der Waals surface area contributed by atoms with Gasteiger partial charge in [-0.2, -0.15) is 0 Å². The second-order valence-corrected chi connectivity index (χ2v) is 10.5. The highest BCUT2D eigenvalue weighted by Gasteiger charge is 2.44. The molecule has 1 aliphatic carbocycles. The molecule has 11 heteroatoms. The van der Waals surface area contributed by atoms with Crippen molar-refractivity contribution >= 4 is 18.0 Å². The van der Waals surface area contributed by atoms with Gasteiger partial charge in [-0.1, -0.05) is 18.2 Å². The Labute approximate surface area is 229 Å². The van der Waals surface area contributed by atoms with Gasteiger partial charge >= 0.3 is 12.2 Å². The Morgan fingerprint density at radius 3 is 2.73 bits per heavy atom. The zero-order valence-corrected chi connectivity index (χ0v) is 21.7. The summed E-state index contributed by atoms with van der Waals surface area (Å²) < 4.78 is 40.6. The van der Waals surface area contributed by atoms with Crippen LogP contribution in [0, 0.1) is 11.6 Å². The quantitative estimate of drug-likeness (QED) is 0.408. The molecule has 2 aromatic heterocycles. The van der Waals surface area contributed by atoms with Crippen LogP contribution in [0.25, 0.3) is 0 Å². The van der Waals surface area contributed by atoms with Gasteiger partial charge in [-0.15, -0.1) is 0 Å². The standard InChI is InChI=1S/C29H29F2N5O4/c30-21-8-1-5-17(23(21)31)18-9-10-22(25-19(24(18)32)6-2-13-33-25)39-28(38)36-15-4-11-29(12-16-36)20-7-3-14-34-26(20)35-27(37)40-29/h1-3,5-8,13-14,18,22,24H,4,9-12,15-16,32H2,(H,34,35,37)/t18-,22+,24-,29?/m0/s1. The molecular formula is C29H29F2N5O4. The Hall–Kier alpha value is -4.12. The molecule has 6 rings (SSSR count). The number of carbonyl (C=O) groups excluding carboxylic acids is 2. The molecule has 0 radical (unpaired) electrons. The number of carbonyl (C=O) groups is 2. The number of amides is 2. The summed E-state index contributed by atoms with van der Waals surface area (Å²) >= 11 is 0. The van der Waals surface area contributed by atoms with E-state index >= 15 is 0 Å². The molecule has 1 aromatic carbocycles. The van der Waals surface area contributed by atoms with Crippen LogP contribution in [0.5, 0.6) is 0 Å². The average molecular weight is 550 g/mol. The molecule has 0 saturated carbocycles. The van der Waals surface area contributed by atoms with E-state index in [0.717, 1.165) is 11.6 Å². The fraction of sp³-hybridized carbons (Fsp3) is 0.379. The number of rotatable bonds is 2. The summed E-state index contributed by atoms with van der Waals surface area (Å²) in [5, 5.41) is 2.64. The second-order valence-electron chi connectivity index (χ2n) is 10.5. The number of nitrogens with zero attached hydrogens (tertiary/aromatic N) is 3. The first-order valence-electron chi connectivity index (χ1n) is 13.4. The maximum absolute atomic E-state index is 14.7. The first kappa shape index (κ1) is 26.1. The molecule has 1 unspecified atom stereocenters. The Morgan fingerprint density at radius 1 is 1.05 bits per heavy atom. The molecule has 1 spiro atoms. The number of hydrogen-bond donors (Lipinski definition) is 2. The lowest BCUT2D eigenvalue weighted by atomic mass is 9.86. The third-order valence-electron chi connectivity index (χ3n) is 8.19. The summed E-state index contributed by atoms with van der Waals surface area (Å²) in [4.78, 5) is 36.1. The zero-order valence-electron chi connectivity index (χ0n) is 21.7. The minimum absolute atomic E-state index is 0.193. The fourth-order valence-electron chi connectivity index (χ4n) is 6.20. The second kappa shape index (κ2) is 10.5. The van der Waals surface area contributed by atoms with E-state index in [-0.39, 0.29) is 5.56 Å². The van der Waals surface area contributed by atoms with Crippen molar-refractivity contribution in [1.82, 2.24) is 14.9 Å². The molecule has 0 bridgehead atoms. The van der Waals surface area contributed by atoms with Crippen molar-refractivity contribution in [3.05, 3.63) is 88.9 Å². The van der Waals surface area contributed by atoms with E-state index in [1.54, 1.807) is 41.6 Å². The van der Waals surface area contributed by atoms with E-state index in [4.69, 9.17) is 15.2 Å². The van der Waals surface area contributed by atoms with Gasteiger partial charge in [0.1, 0.15) is 17.5 Å². The fourth-order valence-corrected chi connectivity index (χ4v) is 6.20. The van der Waals surface area contributed by atoms with E-state index in [1.165, 1.54) is 6.07 Å². The maximum Gasteiger partial charge on any atom is 0.413 e. The summed E-state index contributed by atoms with van der Waals surface area (Å²) in [6.45, 7) is 0.721. The maximum atomic E-state index is 14.7. The SMILES string of the molecule is N[C@@H]1c2cccnc2[C@H](OC(=O)N2CCCC3(CC2)OC(=O)Nc2ncccc23)CC[C@H]1c1cccc(F)c1F. The number of ether oxygens (including phenoxy) is 2. The monoisotopic (exact) mass is 549 g/mol. The summed E-state index contributed by atoms with van der Waals surface area (Å²) in [6, 6.07) is 10.6. The Balaban J connectivity index is 1.21. The van der Waals surface area contributed by atoms with Gasteiger partial charge in [-0.25, -0.2) is 23.4 Å². The number of aromatic nitrogens is 2. The van der Waals surface area contributed by atoms with Crippen LogP contribution >= 0.6 is 0 Å². The summed E-state index contributed by atoms with van der Waals surface area (Å²) in [5.74, 6) is -1.90. The van der Waals surface area contributed by atoms with Crippen LogP contribution < -0.4 is 11.1 Å². The van der Waals surface area contributed by atoms with Crippen molar-refractivity contribution in [2.24, 2.45) is 5.73 Å². The van der Waals surface area contributed by atoms with Gasteiger partial charge in [0, 0.05) is 49.4 Å². The zero-order chi connectivity index (χ0) is 27.9. The van der Waals surface area contributed by atoms with Crippen molar-refractivity contribution in [2.45, 2.75) is 55.8 Å². The highest BCUT2D eigenvalue weighted by Crippen LogP contribution is 2.45. The van der Waals surface area contributed by atoms with Crippen LogP contribution in [0.2, 0.25) is 0 Å². The highest BCUT2D eigenvalue weighted by atomic mass is 19.2. The van der Waals surface area contributed by atoms with Crippen LogP contribution in [0.1, 0.15) is 72.6 Å². The number of nitrogens with two attached hydrogens (primary N) is 1. The van der Waals surface area contributed by atoms with E-state index in [2.05, 4.69) is 15.3 Å². The molecule has 2 aliphatic heterocycles. The Bertz CT molecular complexity index is 1460. The number of benzene rings is 1. The summed E-state index contributed by atoms with van der Waals surface area (Å²) in [7, 11) is 0. The van der Waals surface area contributed by atoms with Gasteiger partial charge in [-0.05, 0) is 61.1 Å². The smallest absolute Gasteiger partial charge is 0.413 e. The first-order chi connectivity index (χ1) is 19.4. The predicted molar refractivity (Wildman–Crippen MR) is 140 cm³/mol. The Morgan fingerprint density at radius 2 is 1.85 bits per heavy atom. The largest absolute Gasteiger partial charge is 0.440 e. The number of fused-ring (bicyclic) bond motifs is 3. The highest BCUT2D eigenvalue weighted by molar-refractivity contribution is 5.87. The molecular weight excluding hydrogens is 520 g/mol. The lowest BCUT2D eigenvalue weighted by molar-refractivity contribution is -0.00174. The van der Waals surface area contributed by atoms with Gasteiger partial charge in [0.2, 0.25) is 0 Å². The van der Waals surface area contributed by atoms with Gasteiger partial charge < -0.3 is 20.1 Å². The van der Waals surface area contributed by atoms with Gasteiger partial charge in [0.15, 0.2) is 11.6 Å². The van der Waals surface area contributed by atoms with Crippen LogP contribution in [-0.4, -0.2) is 40.1 Å². The third kappa shape index (κ3) is 4.64. The minimum Gasteiger partial charge on any atom is -0.440 e. The van der Waals surface area contributed by atoms with Crippen LogP contribution in [0.15, 0.2) is 54.9 Å². The number of hydrogen-bond acceptors (Lipinski definition) is 7. The molecule has 3 aromatic rings. The molecule has 4 heterocycles. The van der Waals surface area contributed by atoms with Crippen LogP contribution in [0.4, 0.5) is 24.2 Å². The van der Waals surface area contributed by atoms with E-state index < -0.39 is 47.5 Å². The minimum atomic E-state index is -0.930. The molecule has 2 amide bonds. The van der Waals surface area contributed by atoms with E-state index in [0.29, 0.717) is 62.3 Å². The number of anilines is 1. The average Bonchev–Trinajstić information content (AvgIpc) is 3.24. The van der Waals surface area contributed by atoms with Crippen molar-refractivity contribution < 1.29 is 27.8 Å². The lowest BCUT2D eigenvalue weighted by Gasteiger charge is -2.37. The molecule has 3 aliphatic rings. The molecule has 4 atom stereocenters. The summed E-state index contributed by atoms with van der Waals surface area (Å²) in [6.07, 6.45) is 3.62. The van der Waals surface area contributed by atoms with Gasteiger partial charge in [-0.3, -0.25) is 10.3 Å². The normalized spacial score (nSPS) is 26.0. The van der Waals surface area contributed by atoms with Crippen molar-refractivity contribution in [2.75, 3.05) is 18.4 Å². The van der Waals surface area contributed by atoms with Gasteiger partial charge in [0.25, 0.3) is 0 Å². The molecule has 1 saturated heterocycles. The number of nitrogens with one attached hydrogen (secondary N) is 1. The summed E-state index contributed by atoms with van der Waals surface area (Å²) in [5.41, 5.74) is 7.84. The van der Waals surface area contributed by atoms with Crippen molar-refractivity contribution in [3.63, 3.8) is 0 Å². The van der Waals surface area contributed by atoms with Crippen molar-refractivity contribution in [3.8, 4) is 0 Å². The molecule has 40 heavy (non-hydrogen) atoms. The third-order valence-corrected chi connectivity index (χ3v) is 8.19. The molecule has 9 nitrogen and oxygen atoms in total. The van der Waals surface area contributed by atoms with E-state index in [1.807, 2.05) is 6.07 Å². The molecule has 208 valence electrons. The predicted octanol–water partition coefficient (Wildman–Crippen LogP) is 5.45. The number of pyridine rings is 2. The topological polar surface area (TPSA) is 120 Å². The Kier molecular flexibility index (Phi) is 6.83. The number of halogens is 2. The van der Waals surface area contributed by atoms with Crippen LogP contribution in [-0.2, 0) is 15.1 Å². The lowest BCUT2D eigenvalue weighted by Crippen LogP contribution is -2.41. The van der Waals surface area contributed by atoms with Crippen LogP contribution in [0.3, 0.4) is 0 Å². The molecule has 3 N–H and O–H groups in total. The van der Waals surface area contributed by atoms with Crippen molar-refractivity contribution in [1.29, 1.82) is 0 Å². The van der Waals surface area contributed by atoms with Gasteiger partial charge in [0.05, 0.1) is 5.69 Å². The first-order valence-corrected chi connectivity index (χ1v) is 13.4. The molecule has 1 fully saturated rings.